The summed E-state index contributed by atoms with van der Waals surface area (Å²) in [5.74, 6) is -2.86. The van der Waals surface area contributed by atoms with Crippen molar-refractivity contribution in [2.75, 3.05) is 0 Å². The molecule has 23 heavy (non-hydrogen) atoms. The number of nitrogens with one attached hydrogen (secondary N) is 2. The van der Waals surface area contributed by atoms with Crippen LogP contribution in [-0.2, 0) is 20.8 Å². The number of carbonyl (C=O) groups is 3. The van der Waals surface area contributed by atoms with Gasteiger partial charge in [0, 0.05) is 24.4 Å². The molecule has 1 heterocycles. The molecule has 1 atom stereocenters. The Balaban J connectivity index is 2.12. The monoisotopic (exact) mass is 321 g/mol. The Labute approximate surface area is 130 Å². The second-order valence-corrected chi connectivity index (χ2v) is 5.10. The van der Waals surface area contributed by atoms with Crippen molar-refractivity contribution in [2.45, 2.75) is 25.3 Å². The van der Waals surface area contributed by atoms with Gasteiger partial charge in [-0.1, -0.05) is 12.1 Å². The van der Waals surface area contributed by atoms with E-state index in [0.717, 1.165) is 0 Å². The minimum atomic E-state index is -1.11. The van der Waals surface area contributed by atoms with Crippen LogP contribution in [-0.4, -0.2) is 33.9 Å². The van der Waals surface area contributed by atoms with Crippen LogP contribution in [0.5, 0.6) is 0 Å². The Bertz CT molecular complexity index is 756. The number of nitrogens with two attached hydrogens (primary N) is 1. The smallest absolute Gasteiger partial charge is 0.303 e. The molecule has 1 aromatic carbocycles. The molecule has 0 bridgehead atoms. The molecular formula is C15H16FN3O4. The molecule has 0 aliphatic heterocycles. The quantitative estimate of drug-likeness (QED) is 0.598. The van der Waals surface area contributed by atoms with Crippen LogP contribution in [0.1, 0.15) is 18.4 Å². The number of carbonyl (C=O) groups excluding carboxylic acids is 2. The number of carboxylic acids is 1. The predicted octanol–water partition coefficient (Wildman–Crippen LogP) is 0.684. The highest BCUT2D eigenvalue weighted by Crippen LogP contribution is 2.21. The van der Waals surface area contributed by atoms with Gasteiger partial charge in [0.25, 0.3) is 0 Å². The lowest BCUT2D eigenvalue weighted by Crippen LogP contribution is -2.45. The normalized spacial score (nSPS) is 12.0. The zero-order valence-electron chi connectivity index (χ0n) is 12.1. The first kappa shape index (κ1) is 16.5. The first-order chi connectivity index (χ1) is 10.9. The van der Waals surface area contributed by atoms with E-state index in [1.807, 2.05) is 0 Å². The van der Waals surface area contributed by atoms with Gasteiger partial charge < -0.3 is 21.1 Å². The predicted molar refractivity (Wildman–Crippen MR) is 80.0 cm³/mol. The highest BCUT2D eigenvalue weighted by atomic mass is 19.1. The zero-order chi connectivity index (χ0) is 17.0. The summed E-state index contributed by atoms with van der Waals surface area (Å²) >= 11 is 0. The summed E-state index contributed by atoms with van der Waals surface area (Å²) in [5, 5.41) is 11.5. The van der Waals surface area contributed by atoms with Crippen molar-refractivity contribution in [1.29, 1.82) is 0 Å². The van der Waals surface area contributed by atoms with E-state index >= 15 is 0 Å². The molecule has 0 aliphatic carbocycles. The number of para-hydroxylation sites is 1. The first-order valence-corrected chi connectivity index (χ1v) is 6.93. The number of amides is 2. The summed E-state index contributed by atoms with van der Waals surface area (Å²) in [4.78, 5) is 36.4. The number of primary amides is 1. The molecule has 0 radical (unpaired) electrons. The second-order valence-electron chi connectivity index (χ2n) is 5.10. The Morgan fingerprint density at radius 3 is 2.70 bits per heavy atom. The van der Waals surface area contributed by atoms with Crippen molar-refractivity contribution in [2.24, 2.45) is 5.73 Å². The van der Waals surface area contributed by atoms with Crippen LogP contribution in [0.2, 0.25) is 0 Å². The number of aliphatic carboxylic acids is 1. The molecule has 8 heteroatoms. The number of aromatic amines is 1. The van der Waals surface area contributed by atoms with Crippen LogP contribution >= 0.6 is 0 Å². The molecule has 7 nitrogen and oxygen atoms in total. The number of hydrogen-bond donors (Lipinski definition) is 4. The van der Waals surface area contributed by atoms with Gasteiger partial charge in [-0.3, -0.25) is 14.4 Å². The molecule has 2 rings (SSSR count). The fourth-order valence-corrected chi connectivity index (χ4v) is 2.27. The molecule has 1 aromatic heterocycles. The first-order valence-electron chi connectivity index (χ1n) is 6.93. The van der Waals surface area contributed by atoms with E-state index in [2.05, 4.69) is 10.3 Å². The van der Waals surface area contributed by atoms with Crippen molar-refractivity contribution < 1.29 is 23.9 Å². The van der Waals surface area contributed by atoms with Gasteiger partial charge in [0.2, 0.25) is 11.8 Å². The lowest BCUT2D eigenvalue weighted by atomic mass is 10.0. The molecular weight excluding hydrogens is 305 g/mol. The number of fused-ring (bicyclic) bond motifs is 1. The summed E-state index contributed by atoms with van der Waals surface area (Å²) in [6, 6.07) is 3.54. The third-order valence-electron chi connectivity index (χ3n) is 3.42. The maximum absolute atomic E-state index is 13.6. The lowest BCUT2D eigenvalue weighted by Gasteiger charge is -2.15. The highest BCUT2D eigenvalue weighted by molar-refractivity contribution is 5.89. The molecule has 0 saturated heterocycles. The third-order valence-corrected chi connectivity index (χ3v) is 3.42. The second kappa shape index (κ2) is 6.91. The summed E-state index contributed by atoms with van der Waals surface area (Å²) in [6.07, 6.45) is 1.04. The Kier molecular flexibility index (Phi) is 4.95. The van der Waals surface area contributed by atoms with Gasteiger partial charge in [-0.2, -0.15) is 0 Å². The number of halogens is 1. The van der Waals surface area contributed by atoms with Crippen molar-refractivity contribution >= 4 is 28.7 Å². The SMILES string of the molecule is NC(=O)[C@H](Cc1c[nH]c2c(F)cccc12)NC(=O)CCC(=O)O. The van der Waals surface area contributed by atoms with Crippen molar-refractivity contribution in [3.8, 4) is 0 Å². The molecule has 2 aromatic rings. The topological polar surface area (TPSA) is 125 Å². The average Bonchev–Trinajstić information content (AvgIpc) is 2.89. The van der Waals surface area contributed by atoms with Crippen molar-refractivity contribution in [3.63, 3.8) is 0 Å². The number of aromatic nitrogens is 1. The Hall–Kier alpha value is -2.90. The van der Waals surface area contributed by atoms with E-state index in [1.54, 1.807) is 18.3 Å². The molecule has 0 spiro atoms. The van der Waals surface area contributed by atoms with Gasteiger partial charge in [-0.05, 0) is 11.6 Å². The molecule has 0 aliphatic rings. The number of benzene rings is 1. The zero-order valence-corrected chi connectivity index (χ0v) is 12.1. The van der Waals surface area contributed by atoms with Crippen LogP contribution in [0.25, 0.3) is 10.9 Å². The summed E-state index contributed by atoms with van der Waals surface area (Å²) in [7, 11) is 0. The van der Waals surface area contributed by atoms with Crippen molar-refractivity contribution in [1.82, 2.24) is 10.3 Å². The minimum absolute atomic E-state index is 0.0810. The van der Waals surface area contributed by atoms with Gasteiger partial charge in [0.1, 0.15) is 11.9 Å². The van der Waals surface area contributed by atoms with Crippen molar-refractivity contribution in [3.05, 3.63) is 35.8 Å². The van der Waals surface area contributed by atoms with E-state index < -0.39 is 29.6 Å². The van der Waals surface area contributed by atoms with E-state index in [9.17, 15) is 18.8 Å². The molecule has 0 saturated carbocycles. The van der Waals surface area contributed by atoms with Crippen LogP contribution in [0.15, 0.2) is 24.4 Å². The third kappa shape index (κ3) is 4.06. The minimum Gasteiger partial charge on any atom is -0.481 e. The Morgan fingerprint density at radius 2 is 2.04 bits per heavy atom. The summed E-state index contributed by atoms with van der Waals surface area (Å²) < 4.78 is 13.6. The number of hydrogen-bond acceptors (Lipinski definition) is 3. The summed E-state index contributed by atoms with van der Waals surface area (Å²) in [5.41, 5.74) is 6.21. The largest absolute Gasteiger partial charge is 0.481 e. The maximum atomic E-state index is 13.6. The van der Waals surface area contributed by atoms with E-state index in [1.165, 1.54) is 6.07 Å². The van der Waals surface area contributed by atoms with Gasteiger partial charge >= 0.3 is 5.97 Å². The molecule has 0 fully saturated rings. The number of rotatable bonds is 7. The van der Waals surface area contributed by atoms with Gasteiger partial charge in [-0.15, -0.1) is 0 Å². The Morgan fingerprint density at radius 1 is 1.30 bits per heavy atom. The summed E-state index contributed by atoms with van der Waals surface area (Å²) in [6.45, 7) is 0. The van der Waals surface area contributed by atoms with E-state index in [4.69, 9.17) is 10.8 Å². The van der Waals surface area contributed by atoms with E-state index in [0.29, 0.717) is 16.5 Å². The van der Waals surface area contributed by atoms with Gasteiger partial charge in [0.05, 0.1) is 11.9 Å². The number of H-pyrrole nitrogens is 1. The fourth-order valence-electron chi connectivity index (χ4n) is 2.27. The highest BCUT2D eigenvalue weighted by Gasteiger charge is 2.21. The molecule has 0 unspecified atom stereocenters. The number of carboxylic acid groups (broad SMARTS) is 1. The van der Waals surface area contributed by atoms with Crippen LogP contribution in [0.3, 0.4) is 0 Å². The molecule has 5 N–H and O–H groups in total. The fraction of sp³-hybridized carbons (Fsp3) is 0.267. The van der Waals surface area contributed by atoms with Crippen LogP contribution in [0.4, 0.5) is 4.39 Å². The van der Waals surface area contributed by atoms with E-state index in [-0.39, 0.29) is 19.3 Å². The van der Waals surface area contributed by atoms with Gasteiger partial charge in [-0.25, -0.2) is 4.39 Å². The van der Waals surface area contributed by atoms with Crippen LogP contribution in [0, 0.1) is 5.82 Å². The average molecular weight is 321 g/mol. The molecule has 2 amide bonds. The molecule has 122 valence electrons. The maximum Gasteiger partial charge on any atom is 0.303 e. The van der Waals surface area contributed by atoms with Crippen LogP contribution < -0.4 is 11.1 Å². The van der Waals surface area contributed by atoms with Gasteiger partial charge in [0.15, 0.2) is 0 Å². The lowest BCUT2D eigenvalue weighted by molar-refractivity contribution is -0.139. The standard InChI is InChI=1S/C15H16FN3O4/c16-10-3-1-2-9-8(7-18-14(9)10)6-11(15(17)23)19-12(20)4-5-13(21)22/h1-3,7,11,18H,4-6H2,(H2,17,23)(H,19,20)(H,21,22)/t11-/m0/s1.